The number of halogens is 1. The number of fused-ring (bicyclic) bond motifs is 1. The standard InChI is InChI=1S/C26H32ClN7O2/c1-18-19(5-4-10-32-8-2-3-9-32)15-20(27)16-22(18)33-11-13-34(14-12-33)26-24-21(6-7-23(35)36)30-31-25(24)28-17-29-26/h6-7,15-17H,2-5,8-14H2,1H3,(H,35,36)(H,28,29,30,31)/b7-6+. The summed E-state index contributed by atoms with van der Waals surface area (Å²) in [6.07, 6.45) is 8.95. The molecule has 2 aliphatic heterocycles. The zero-order valence-electron chi connectivity index (χ0n) is 20.6. The summed E-state index contributed by atoms with van der Waals surface area (Å²) < 4.78 is 0. The average molecular weight is 510 g/mol. The van der Waals surface area contributed by atoms with Crippen molar-refractivity contribution in [2.45, 2.75) is 32.6 Å². The van der Waals surface area contributed by atoms with E-state index < -0.39 is 5.97 Å². The number of hydrogen-bond acceptors (Lipinski definition) is 7. The number of carboxylic acids is 1. The Hall–Kier alpha value is -3.17. The summed E-state index contributed by atoms with van der Waals surface area (Å²) in [6.45, 7) is 9.05. The van der Waals surface area contributed by atoms with E-state index in [0.29, 0.717) is 11.3 Å². The number of likely N-dealkylation sites (tertiary alicyclic amines) is 1. The number of piperazine rings is 1. The number of carbonyl (C=O) groups is 1. The zero-order valence-corrected chi connectivity index (χ0v) is 21.3. The number of nitrogens with one attached hydrogen (secondary N) is 1. The molecule has 2 aromatic heterocycles. The Bertz CT molecular complexity index is 1260. The van der Waals surface area contributed by atoms with Gasteiger partial charge in [0, 0.05) is 43.0 Å². The van der Waals surface area contributed by atoms with Crippen LogP contribution in [-0.2, 0) is 11.2 Å². The monoisotopic (exact) mass is 509 g/mol. The summed E-state index contributed by atoms with van der Waals surface area (Å²) in [5.74, 6) is -0.249. The van der Waals surface area contributed by atoms with Gasteiger partial charge in [0.05, 0.1) is 11.1 Å². The Morgan fingerprint density at radius 3 is 2.61 bits per heavy atom. The molecule has 2 saturated heterocycles. The molecule has 0 bridgehead atoms. The predicted octanol–water partition coefficient (Wildman–Crippen LogP) is 3.77. The van der Waals surface area contributed by atoms with E-state index in [2.05, 4.69) is 53.9 Å². The summed E-state index contributed by atoms with van der Waals surface area (Å²) in [6, 6.07) is 4.22. The van der Waals surface area contributed by atoms with Gasteiger partial charge in [-0.3, -0.25) is 5.10 Å². The first-order chi connectivity index (χ1) is 17.5. The second-order valence-corrected chi connectivity index (χ2v) is 9.98. The van der Waals surface area contributed by atoms with Crippen molar-refractivity contribution in [2.24, 2.45) is 0 Å². The zero-order chi connectivity index (χ0) is 25.1. The lowest BCUT2D eigenvalue weighted by atomic mass is 10.0. The molecule has 2 fully saturated rings. The van der Waals surface area contributed by atoms with E-state index in [0.717, 1.165) is 67.9 Å². The van der Waals surface area contributed by atoms with Gasteiger partial charge in [0.25, 0.3) is 0 Å². The first-order valence-corrected chi connectivity index (χ1v) is 13.0. The highest BCUT2D eigenvalue weighted by atomic mass is 35.5. The van der Waals surface area contributed by atoms with Crippen molar-refractivity contribution in [3.8, 4) is 0 Å². The highest BCUT2D eigenvalue weighted by Crippen LogP contribution is 2.32. The minimum absolute atomic E-state index is 0.525. The fourth-order valence-electron chi connectivity index (χ4n) is 5.34. The van der Waals surface area contributed by atoms with Crippen molar-refractivity contribution in [3.63, 3.8) is 0 Å². The number of aliphatic carboxylic acids is 1. The minimum Gasteiger partial charge on any atom is -0.478 e. The third kappa shape index (κ3) is 5.32. The first-order valence-electron chi connectivity index (χ1n) is 12.6. The van der Waals surface area contributed by atoms with Crippen LogP contribution in [0.4, 0.5) is 11.5 Å². The number of nitrogens with zero attached hydrogens (tertiary/aromatic N) is 6. The van der Waals surface area contributed by atoms with Gasteiger partial charge in [-0.1, -0.05) is 11.6 Å². The van der Waals surface area contributed by atoms with Gasteiger partial charge >= 0.3 is 5.97 Å². The van der Waals surface area contributed by atoms with Crippen LogP contribution in [0.2, 0.25) is 5.02 Å². The highest BCUT2D eigenvalue weighted by molar-refractivity contribution is 6.31. The molecular formula is C26H32ClN7O2. The summed E-state index contributed by atoms with van der Waals surface area (Å²) in [5, 5.41) is 17.6. The summed E-state index contributed by atoms with van der Waals surface area (Å²) in [5.41, 5.74) is 4.98. The molecule has 2 aliphatic rings. The van der Waals surface area contributed by atoms with E-state index in [1.807, 2.05) is 0 Å². The fraction of sp³-hybridized carbons (Fsp3) is 0.462. The third-order valence-corrected chi connectivity index (χ3v) is 7.46. The lowest BCUT2D eigenvalue weighted by Crippen LogP contribution is -2.47. The van der Waals surface area contributed by atoms with Crippen LogP contribution in [-0.4, -0.2) is 82.0 Å². The Balaban J connectivity index is 1.29. The van der Waals surface area contributed by atoms with Crippen molar-refractivity contribution in [2.75, 3.05) is 55.6 Å². The Morgan fingerprint density at radius 1 is 1.11 bits per heavy atom. The van der Waals surface area contributed by atoms with Crippen molar-refractivity contribution in [1.82, 2.24) is 25.1 Å². The van der Waals surface area contributed by atoms with Crippen molar-refractivity contribution >= 4 is 46.2 Å². The summed E-state index contributed by atoms with van der Waals surface area (Å²) >= 11 is 6.57. The van der Waals surface area contributed by atoms with Crippen LogP contribution in [0, 0.1) is 6.92 Å². The minimum atomic E-state index is -1.02. The van der Waals surface area contributed by atoms with Crippen molar-refractivity contribution < 1.29 is 9.90 Å². The van der Waals surface area contributed by atoms with Crippen LogP contribution in [0.5, 0.6) is 0 Å². The van der Waals surface area contributed by atoms with Crippen LogP contribution < -0.4 is 9.80 Å². The number of benzene rings is 1. The summed E-state index contributed by atoms with van der Waals surface area (Å²) in [4.78, 5) is 26.9. The van der Waals surface area contributed by atoms with Gasteiger partial charge in [0.2, 0.25) is 0 Å². The molecule has 4 heterocycles. The van der Waals surface area contributed by atoms with Crippen LogP contribution in [0.15, 0.2) is 24.5 Å². The summed E-state index contributed by atoms with van der Waals surface area (Å²) in [7, 11) is 0. The molecule has 190 valence electrons. The van der Waals surface area contributed by atoms with Crippen LogP contribution in [0.3, 0.4) is 0 Å². The molecular weight excluding hydrogens is 478 g/mol. The van der Waals surface area contributed by atoms with Gasteiger partial charge in [0.1, 0.15) is 12.1 Å². The quantitative estimate of drug-likeness (QED) is 0.442. The lowest BCUT2D eigenvalue weighted by molar-refractivity contribution is -0.131. The smallest absolute Gasteiger partial charge is 0.328 e. The molecule has 36 heavy (non-hydrogen) atoms. The molecule has 2 N–H and O–H groups in total. The second-order valence-electron chi connectivity index (χ2n) is 9.54. The van der Waals surface area contributed by atoms with E-state index in [-0.39, 0.29) is 0 Å². The van der Waals surface area contributed by atoms with E-state index in [9.17, 15) is 4.79 Å². The van der Waals surface area contributed by atoms with Gasteiger partial charge in [-0.15, -0.1) is 0 Å². The number of H-pyrrole nitrogens is 1. The van der Waals surface area contributed by atoms with Crippen LogP contribution in [0.1, 0.15) is 36.1 Å². The molecule has 0 radical (unpaired) electrons. The van der Waals surface area contributed by atoms with Crippen LogP contribution >= 0.6 is 11.6 Å². The lowest BCUT2D eigenvalue weighted by Gasteiger charge is -2.38. The number of aryl methyl sites for hydroxylation is 1. The number of anilines is 2. The fourth-order valence-corrected chi connectivity index (χ4v) is 5.58. The molecule has 1 aromatic carbocycles. The number of aromatic nitrogens is 4. The SMILES string of the molecule is Cc1c(CCCN2CCCC2)cc(Cl)cc1N1CCN(c2ncnc3n[nH]c(/C=C/C(=O)O)c23)CC1. The Morgan fingerprint density at radius 2 is 1.86 bits per heavy atom. The van der Waals surface area contributed by atoms with E-state index in [4.69, 9.17) is 16.7 Å². The molecule has 0 amide bonds. The van der Waals surface area contributed by atoms with Gasteiger partial charge < -0.3 is 19.8 Å². The average Bonchev–Trinajstić information content (AvgIpc) is 3.55. The largest absolute Gasteiger partial charge is 0.478 e. The van der Waals surface area contributed by atoms with Crippen molar-refractivity contribution in [1.29, 1.82) is 0 Å². The van der Waals surface area contributed by atoms with E-state index >= 15 is 0 Å². The molecule has 0 aliphatic carbocycles. The number of hydrogen-bond donors (Lipinski definition) is 2. The molecule has 5 rings (SSSR count). The maximum Gasteiger partial charge on any atom is 0.328 e. The molecule has 0 atom stereocenters. The highest BCUT2D eigenvalue weighted by Gasteiger charge is 2.24. The topological polar surface area (TPSA) is 101 Å². The van der Waals surface area contributed by atoms with Gasteiger partial charge in [-0.2, -0.15) is 5.10 Å². The molecule has 9 nitrogen and oxygen atoms in total. The van der Waals surface area contributed by atoms with E-state index in [1.165, 1.54) is 55.1 Å². The van der Waals surface area contributed by atoms with Gasteiger partial charge in [-0.25, -0.2) is 14.8 Å². The maximum absolute atomic E-state index is 11.0. The Kier molecular flexibility index (Phi) is 7.38. The molecule has 10 heteroatoms. The third-order valence-electron chi connectivity index (χ3n) is 7.24. The predicted molar refractivity (Wildman–Crippen MR) is 143 cm³/mol. The maximum atomic E-state index is 11.0. The van der Waals surface area contributed by atoms with Gasteiger partial charge in [0.15, 0.2) is 5.65 Å². The van der Waals surface area contributed by atoms with Crippen LogP contribution in [0.25, 0.3) is 17.1 Å². The molecule has 0 saturated carbocycles. The molecule has 3 aromatic rings. The second kappa shape index (κ2) is 10.8. The molecule has 0 spiro atoms. The van der Waals surface area contributed by atoms with Gasteiger partial charge in [-0.05, 0) is 81.6 Å². The first kappa shape index (κ1) is 24.5. The number of rotatable bonds is 8. The normalized spacial score (nSPS) is 17.1. The van der Waals surface area contributed by atoms with E-state index in [1.54, 1.807) is 0 Å². The number of aromatic amines is 1. The Labute approximate surface area is 215 Å². The van der Waals surface area contributed by atoms with Crippen molar-refractivity contribution in [3.05, 3.63) is 46.4 Å². The molecule has 0 unspecified atom stereocenters. The number of carboxylic acid groups (broad SMARTS) is 1.